The Morgan fingerprint density at radius 3 is 1.36 bits per heavy atom. The van der Waals surface area contributed by atoms with E-state index >= 15 is 0 Å². The fourth-order valence-electron chi connectivity index (χ4n) is 2.36. The maximum atomic E-state index is 12.4. The van der Waals surface area contributed by atoms with Gasteiger partial charge in [0.25, 0.3) is 11.8 Å². The monoisotopic (exact) mass is 352 g/mol. The molecule has 0 radical (unpaired) electrons. The van der Waals surface area contributed by atoms with E-state index in [4.69, 9.17) is 9.47 Å². The van der Waals surface area contributed by atoms with Crippen molar-refractivity contribution in [1.29, 1.82) is 0 Å². The molecule has 8 nitrogen and oxygen atoms in total. The van der Waals surface area contributed by atoms with Crippen LogP contribution in [-0.4, -0.2) is 41.4 Å². The number of carbonyl (C=O) groups is 4. The number of amides is 2. The van der Waals surface area contributed by atoms with E-state index in [0.717, 1.165) is 0 Å². The van der Waals surface area contributed by atoms with Crippen LogP contribution in [0.1, 0.15) is 41.5 Å². The van der Waals surface area contributed by atoms with Crippen LogP contribution in [0.4, 0.5) is 0 Å². The smallest absolute Gasteiger partial charge is 0.256 e. The lowest BCUT2D eigenvalue weighted by Crippen LogP contribution is -2.47. The Balaban J connectivity index is 2.92. The summed E-state index contributed by atoms with van der Waals surface area (Å²) in [5.41, 5.74) is 0.662. The zero-order valence-corrected chi connectivity index (χ0v) is 15.3. The van der Waals surface area contributed by atoms with E-state index in [1.165, 1.54) is 26.0 Å². The molecule has 0 unspecified atom stereocenters. The first-order valence-electron chi connectivity index (χ1n) is 7.76. The van der Waals surface area contributed by atoms with Crippen molar-refractivity contribution in [2.24, 2.45) is 0 Å². The topological polar surface area (TPSA) is 111 Å². The minimum atomic E-state index is -1.20. The van der Waals surface area contributed by atoms with Gasteiger partial charge in [0, 0.05) is 11.4 Å². The van der Waals surface area contributed by atoms with E-state index in [-0.39, 0.29) is 11.6 Å². The molecule has 138 valence electrons. The van der Waals surface area contributed by atoms with Crippen molar-refractivity contribution >= 4 is 23.4 Å². The van der Waals surface area contributed by atoms with Gasteiger partial charge in [0.1, 0.15) is 0 Å². The standard InChI is InChI=1S/C17H24N2O6/c1-9(7-11(3)20)18-15(22)13-14(25-17(5,6)24-13)16(23)19-10(2)8-12(4)21/h7-8,13-14H,1-6H3,(H,18,22)(H,19,23)/b9-7-,10-8-/t13-,14-/m0/s1. The van der Waals surface area contributed by atoms with E-state index in [1.54, 1.807) is 27.7 Å². The van der Waals surface area contributed by atoms with E-state index < -0.39 is 29.8 Å². The lowest BCUT2D eigenvalue weighted by molar-refractivity contribution is -0.159. The average Bonchev–Trinajstić information content (AvgIpc) is 2.72. The maximum absolute atomic E-state index is 12.4. The molecule has 1 saturated heterocycles. The van der Waals surface area contributed by atoms with Gasteiger partial charge in [-0.1, -0.05) is 0 Å². The Morgan fingerprint density at radius 1 is 0.760 bits per heavy atom. The molecule has 1 heterocycles. The molecule has 25 heavy (non-hydrogen) atoms. The molecule has 0 saturated carbocycles. The summed E-state index contributed by atoms with van der Waals surface area (Å²) in [4.78, 5) is 46.9. The van der Waals surface area contributed by atoms with Gasteiger partial charge in [0.05, 0.1) is 0 Å². The lowest BCUT2D eigenvalue weighted by atomic mass is 10.1. The van der Waals surface area contributed by atoms with Gasteiger partial charge in [-0.15, -0.1) is 0 Å². The normalized spacial score (nSPS) is 23.1. The van der Waals surface area contributed by atoms with Gasteiger partial charge >= 0.3 is 0 Å². The summed E-state index contributed by atoms with van der Waals surface area (Å²) in [5.74, 6) is -2.79. The molecule has 0 aromatic heterocycles. The predicted octanol–water partition coefficient (Wildman–Crippen LogP) is 0.724. The summed E-state index contributed by atoms with van der Waals surface area (Å²) < 4.78 is 11.0. The molecule has 2 atom stereocenters. The van der Waals surface area contributed by atoms with Crippen molar-refractivity contribution in [3.8, 4) is 0 Å². The van der Waals surface area contributed by atoms with Gasteiger partial charge in [-0.25, -0.2) is 0 Å². The molecule has 0 aromatic carbocycles. The second-order valence-corrected chi connectivity index (χ2v) is 6.33. The Kier molecular flexibility index (Phi) is 6.78. The molecular formula is C17H24N2O6. The molecule has 8 heteroatoms. The van der Waals surface area contributed by atoms with Crippen LogP contribution >= 0.6 is 0 Å². The van der Waals surface area contributed by atoms with Gasteiger partial charge in [-0.05, 0) is 53.7 Å². The van der Waals surface area contributed by atoms with Crippen LogP contribution in [0.5, 0.6) is 0 Å². The summed E-state index contributed by atoms with van der Waals surface area (Å²) >= 11 is 0. The van der Waals surface area contributed by atoms with E-state index in [1.807, 2.05) is 0 Å². The minimum Gasteiger partial charge on any atom is -0.334 e. The summed E-state index contributed by atoms with van der Waals surface area (Å²) in [6.45, 7) is 8.97. The number of rotatable bonds is 6. The van der Waals surface area contributed by atoms with Crippen LogP contribution in [-0.2, 0) is 28.7 Å². The SMILES string of the molecule is CC(=O)/C=C(/C)NC(=O)[C@H]1OC(C)(C)O[C@@H]1C(=O)N/C(C)=C\C(C)=O. The molecule has 0 bridgehead atoms. The fourth-order valence-corrected chi connectivity index (χ4v) is 2.36. The zero-order valence-electron chi connectivity index (χ0n) is 15.3. The predicted molar refractivity (Wildman–Crippen MR) is 89.0 cm³/mol. The van der Waals surface area contributed by atoms with Crippen molar-refractivity contribution in [2.75, 3.05) is 0 Å². The molecule has 0 aromatic rings. The van der Waals surface area contributed by atoms with Crippen LogP contribution in [0.15, 0.2) is 23.5 Å². The molecule has 2 N–H and O–H groups in total. The van der Waals surface area contributed by atoms with Crippen LogP contribution < -0.4 is 10.6 Å². The lowest BCUT2D eigenvalue weighted by Gasteiger charge is -2.16. The van der Waals surface area contributed by atoms with Crippen LogP contribution in [0, 0.1) is 0 Å². The Hall–Kier alpha value is -2.32. The molecule has 1 rings (SSSR count). The summed E-state index contributed by atoms with van der Waals surface area (Å²) in [5, 5.41) is 5.02. The minimum absolute atomic E-state index is 0.221. The van der Waals surface area contributed by atoms with Gasteiger partial charge in [-0.3, -0.25) is 19.2 Å². The number of hydrogen-bond acceptors (Lipinski definition) is 6. The largest absolute Gasteiger partial charge is 0.334 e. The van der Waals surface area contributed by atoms with E-state index in [2.05, 4.69) is 10.6 Å². The molecule has 1 fully saturated rings. The summed E-state index contributed by atoms with van der Waals surface area (Å²) in [7, 11) is 0. The van der Waals surface area contributed by atoms with Crippen molar-refractivity contribution in [3.63, 3.8) is 0 Å². The highest BCUT2D eigenvalue weighted by Crippen LogP contribution is 2.28. The molecular weight excluding hydrogens is 328 g/mol. The highest BCUT2D eigenvalue weighted by atomic mass is 16.8. The average molecular weight is 352 g/mol. The summed E-state index contributed by atoms with van der Waals surface area (Å²) in [6, 6.07) is 0. The summed E-state index contributed by atoms with van der Waals surface area (Å²) in [6.07, 6.45) is 0.118. The first-order chi connectivity index (χ1) is 11.4. The molecule has 1 aliphatic heterocycles. The van der Waals surface area contributed by atoms with Crippen molar-refractivity contribution < 1.29 is 28.7 Å². The van der Waals surface area contributed by atoms with Crippen LogP contribution in [0.3, 0.4) is 0 Å². The third-order valence-electron chi connectivity index (χ3n) is 3.09. The Labute approximate surface area is 146 Å². The number of allylic oxidation sites excluding steroid dienone is 4. The Bertz CT molecular complexity index is 594. The maximum Gasteiger partial charge on any atom is 0.256 e. The second kappa shape index (κ2) is 8.17. The van der Waals surface area contributed by atoms with E-state index in [9.17, 15) is 19.2 Å². The Morgan fingerprint density at radius 2 is 1.08 bits per heavy atom. The zero-order chi connectivity index (χ0) is 19.4. The van der Waals surface area contributed by atoms with E-state index in [0.29, 0.717) is 11.4 Å². The first-order valence-corrected chi connectivity index (χ1v) is 7.76. The van der Waals surface area contributed by atoms with Crippen LogP contribution in [0.2, 0.25) is 0 Å². The quantitative estimate of drug-likeness (QED) is 0.682. The van der Waals surface area contributed by atoms with Crippen LogP contribution in [0.25, 0.3) is 0 Å². The van der Waals surface area contributed by atoms with Gasteiger partial charge in [-0.2, -0.15) is 0 Å². The number of nitrogens with one attached hydrogen (secondary N) is 2. The number of carbonyl (C=O) groups excluding carboxylic acids is 4. The van der Waals surface area contributed by atoms with Gasteiger partial charge in [0.2, 0.25) is 0 Å². The van der Waals surface area contributed by atoms with Crippen molar-refractivity contribution in [2.45, 2.75) is 59.5 Å². The van der Waals surface area contributed by atoms with Crippen molar-refractivity contribution in [1.82, 2.24) is 10.6 Å². The molecule has 0 spiro atoms. The number of ether oxygens (including phenoxy) is 2. The first kappa shape index (κ1) is 20.7. The van der Waals surface area contributed by atoms with Gasteiger partial charge < -0.3 is 20.1 Å². The fraction of sp³-hybridized carbons (Fsp3) is 0.529. The second-order valence-electron chi connectivity index (χ2n) is 6.33. The highest BCUT2D eigenvalue weighted by Gasteiger charge is 2.49. The third kappa shape index (κ3) is 6.60. The van der Waals surface area contributed by atoms with Crippen molar-refractivity contribution in [3.05, 3.63) is 23.5 Å². The van der Waals surface area contributed by atoms with Gasteiger partial charge in [0.15, 0.2) is 29.6 Å². The highest BCUT2D eigenvalue weighted by molar-refractivity contribution is 5.95. The molecule has 0 aliphatic carbocycles. The number of hydrogen-bond donors (Lipinski definition) is 2. The number of ketones is 2. The third-order valence-corrected chi connectivity index (χ3v) is 3.09. The molecule has 2 amide bonds. The molecule has 1 aliphatic rings.